The number of nitrogens with one attached hydrogen (secondary N) is 2. The molecule has 1 aliphatic rings. The van der Waals surface area contributed by atoms with Crippen molar-refractivity contribution >= 4 is 23.4 Å². The third-order valence-electron chi connectivity index (χ3n) is 5.25. The molecule has 1 aliphatic heterocycles. The summed E-state index contributed by atoms with van der Waals surface area (Å²) in [5.74, 6) is -0.261. The van der Waals surface area contributed by atoms with Crippen LogP contribution < -0.4 is 15.2 Å². The average Bonchev–Trinajstić information content (AvgIpc) is 2.74. The number of halogens is 3. The fourth-order valence-electron chi connectivity index (χ4n) is 3.41. The van der Waals surface area contributed by atoms with E-state index in [1.165, 1.54) is 13.2 Å². The van der Waals surface area contributed by atoms with E-state index in [1.54, 1.807) is 18.2 Å². The van der Waals surface area contributed by atoms with E-state index >= 15 is 0 Å². The van der Waals surface area contributed by atoms with Crippen LogP contribution in [0.25, 0.3) is 0 Å². The lowest BCUT2D eigenvalue weighted by atomic mass is 9.95. The van der Waals surface area contributed by atoms with E-state index in [-0.39, 0.29) is 11.8 Å². The lowest BCUT2D eigenvalue weighted by molar-refractivity contribution is -0.367. The fraction of sp³-hybridized carbons (Fsp3) is 0.381. The molecule has 0 radical (unpaired) electrons. The zero-order valence-electron chi connectivity index (χ0n) is 16.7. The van der Waals surface area contributed by atoms with Gasteiger partial charge in [0.15, 0.2) is 0 Å². The molecule has 1 saturated heterocycles. The molecule has 2 N–H and O–H groups in total. The van der Waals surface area contributed by atoms with E-state index in [9.17, 15) is 22.8 Å². The molecular weight excluding hydrogens is 399 g/mol. The lowest BCUT2D eigenvalue weighted by Crippen LogP contribution is -2.40. The number of alkyl halides is 3. The molecule has 0 saturated carbocycles. The van der Waals surface area contributed by atoms with Crippen molar-refractivity contribution < 1.29 is 32.5 Å². The Morgan fingerprint density at radius 1 is 1.17 bits per heavy atom. The van der Waals surface area contributed by atoms with Crippen LogP contribution in [-0.2, 0) is 15.7 Å². The first-order valence-corrected chi connectivity index (χ1v) is 9.52. The summed E-state index contributed by atoms with van der Waals surface area (Å²) in [7, 11) is 1.29. The molecule has 0 bridgehead atoms. The number of anilines is 2. The summed E-state index contributed by atoms with van der Waals surface area (Å²) in [4.78, 5) is 29.0. The van der Waals surface area contributed by atoms with Crippen molar-refractivity contribution in [3.8, 4) is 0 Å². The monoisotopic (exact) mass is 422 g/mol. The van der Waals surface area contributed by atoms with E-state index in [1.807, 2.05) is 11.8 Å². The highest BCUT2D eigenvalue weighted by Gasteiger charge is 2.33. The molecule has 0 atom stereocenters. The Bertz CT molecular complexity index is 921. The summed E-state index contributed by atoms with van der Waals surface area (Å²) in [5.41, 5.74) is 1.00. The van der Waals surface area contributed by atoms with Crippen LogP contribution in [0.2, 0.25) is 0 Å². The van der Waals surface area contributed by atoms with Crippen LogP contribution in [0.3, 0.4) is 0 Å². The normalized spacial score (nSPS) is 15.0. The summed E-state index contributed by atoms with van der Waals surface area (Å²) in [6.45, 7) is 2.92. The number of esters is 1. The fourth-order valence-corrected chi connectivity index (χ4v) is 3.41. The number of benzene rings is 1. The van der Waals surface area contributed by atoms with Crippen LogP contribution in [0.5, 0.6) is 0 Å². The Hall–Kier alpha value is -3.10. The van der Waals surface area contributed by atoms with Crippen LogP contribution in [0.15, 0.2) is 36.5 Å². The first kappa shape index (κ1) is 21.6. The molecule has 1 aromatic carbocycles. The smallest absolute Gasteiger partial charge is 0.419 e. The van der Waals surface area contributed by atoms with E-state index in [0.29, 0.717) is 43.0 Å². The van der Waals surface area contributed by atoms with Crippen molar-refractivity contribution in [1.29, 1.82) is 0 Å². The number of ether oxygens (including phenoxy) is 1. The molecule has 30 heavy (non-hydrogen) atoms. The zero-order chi connectivity index (χ0) is 21.9. The topological polar surface area (TPSA) is 72.8 Å². The van der Waals surface area contributed by atoms with Gasteiger partial charge in [0.25, 0.3) is 5.82 Å². The third-order valence-corrected chi connectivity index (χ3v) is 5.25. The summed E-state index contributed by atoms with van der Waals surface area (Å²) in [6, 6.07) is 7.42. The number of aryl methyl sites for hydroxylation is 1. The van der Waals surface area contributed by atoms with Gasteiger partial charge in [0.2, 0.25) is 5.91 Å². The number of carbonyl (C=O) groups is 2. The van der Waals surface area contributed by atoms with Gasteiger partial charge in [-0.1, -0.05) is 6.07 Å². The van der Waals surface area contributed by atoms with Crippen LogP contribution in [-0.4, -0.2) is 32.1 Å². The number of pyridine rings is 1. The number of hydrogen-bond acceptors (Lipinski definition) is 4. The van der Waals surface area contributed by atoms with Crippen LogP contribution in [0.1, 0.15) is 34.3 Å². The van der Waals surface area contributed by atoms with Gasteiger partial charge in [0, 0.05) is 17.7 Å². The molecule has 9 heteroatoms. The SMILES string of the molecule is COC(=O)c1ccc(C)c(NC(=O)C2CCN(c3ccc(C(F)(F)F)c[nH+]3)CC2)c1. The van der Waals surface area contributed by atoms with Gasteiger partial charge < -0.3 is 10.1 Å². The van der Waals surface area contributed by atoms with E-state index < -0.39 is 17.7 Å². The molecule has 1 aromatic heterocycles. The van der Waals surface area contributed by atoms with E-state index in [0.717, 1.165) is 17.8 Å². The maximum atomic E-state index is 12.7. The summed E-state index contributed by atoms with van der Waals surface area (Å²) < 4.78 is 42.8. The molecule has 6 nitrogen and oxygen atoms in total. The maximum absolute atomic E-state index is 12.7. The minimum atomic E-state index is -4.39. The van der Waals surface area contributed by atoms with Crippen molar-refractivity contribution in [2.24, 2.45) is 5.92 Å². The van der Waals surface area contributed by atoms with Crippen LogP contribution >= 0.6 is 0 Å². The Kier molecular flexibility index (Phi) is 6.28. The number of aromatic nitrogens is 1. The molecule has 0 aliphatic carbocycles. The molecule has 1 amide bonds. The van der Waals surface area contributed by atoms with Gasteiger partial charge in [-0.2, -0.15) is 13.2 Å². The second kappa shape index (κ2) is 8.73. The number of amides is 1. The number of methoxy groups -OCH3 is 1. The molecule has 3 rings (SSSR count). The Morgan fingerprint density at radius 3 is 2.43 bits per heavy atom. The summed E-state index contributed by atoms with van der Waals surface area (Å²) >= 11 is 0. The second-order valence-corrected chi connectivity index (χ2v) is 7.23. The van der Waals surface area contributed by atoms with Gasteiger partial charge in [-0.25, -0.2) is 9.78 Å². The van der Waals surface area contributed by atoms with Crippen molar-refractivity contribution in [2.45, 2.75) is 25.9 Å². The summed E-state index contributed by atoms with van der Waals surface area (Å²) in [5, 5.41) is 2.88. The Labute approximate surface area is 172 Å². The standard InChI is InChI=1S/C21H22F3N3O3/c1-13-3-4-15(20(29)30-2)11-17(13)26-19(28)14-7-9-27(10-8-14)18-6-5-16(12-25-18)21(22,23)24/h3-6,11-12,14H,7-10H2,1-2H3,(H,26,28)/p+1. The number of aromatic amines is 1. The van der Waals surface area contributed by atoms with Crippen LogP contribution in [0, 0.1) is 12.8 Å². The number of hydrogen-bond donors (Lipinski definition) is 1. The van der Waals surface area contributed by atoms with Gasteiger partial charge >= 0.3 is 12.1 Å². The Balaban J connectivity index is 1.60. The van der Waals surface area contributed by atoms with Gasteiger partial charge in [0.1, 0.15) is 6.20 Å². The van der Waals surface area contributed by atoms with Crippen molar-refractivity contribution in [3.05, 3.63) is 53.2 Å². The predicted octanol–water partition coefficient (Wildman–Crippen LogP) is 3.47. The first-order chi connectivity index (χ1) is 14.2. The van der Waals surface area contributed by atoms with Crippen molar-refractivity contribution in [2.75, 3.05) is 30.4 Å². The molecule has 160 valence electrons. The largest absolute Gasteiger partial charge is 0.465 e. The number of carbonyl (C=O) groups excluding carboxylic acids is 2. The minimum absolute atomic E-state index is 0.142. The van der Waals surface area contributed by atoms with Crippen molar-refractivity contribution in [1.82, 2.24) is 0 Å². The molecular formula is C21H23F3N3O3+. The third kappa shape index (κ3) is 4.90. The highest BCUT2D eigenvalue weighted by molar-refractivity contribution is 5.96. The highest BCUT2D eigenvalue weighted by Crippen LogP contribution is 2.29. The lowest BCUT2D eigenvalue weighted by Gasteiger charge is -2.27. The molecule has 0 spiro atoms. The zero-order valence-corrected chi connectivity index (χ0v) is 16.7. The molecule has 2 aromatic rings. The van der Waals surface area contributed by atoms with Crippen molar-refractivity contribution in [3.63, 3.8) is 0 Å². The van der Waals surface area contributed by atoms with E-state index in [4.69, 9.17) is 4.74 Å². The van der Waals surface area contributed by atoms with Gasteiger partial charge in [-0.3, -0.25) is 9.69 Å². The van der Waals surface area contributed by atoms with Gasteiger partial charge in [-0.15, -0.1) is 0 Å². The molecule has 2 heterocycles. The second-order valence-electron chi connectivity index (χ2n) is 7.23. The van der Waals surface area contributed by atoms with Gasteiger partial charge in [-0.05, 0) is 43.5 Å². The maximum Gasteiger partial charge on any atom is 0.419 e. The number of H-pyrrole nitrogens is 1. The average molecular weight is 422 g/mol. The van der Waals surface area contributed by atoms with E-state index in [2.05, 4.69) is 10.3 Å². The van der Waals surface area contributed by atoms with Crippen LogP contribution in [0.4, 0.5) is 24.7 Å². The Morgan fingerprint density at radius 2 is 1.87 bits per heavy atom. The predicted molar refractivity (Wildman–Crippen MR) is 104 cm³/mol. The quantitative estimate of drug-likeness (QED) is 0.766. The highest BCUT2D eigenvalue weighted by atomic mass is 19.4. The number of rotatable bonds is 4. The summed E-state index contributed by atoms with van der Waals surface area (Å²) in [6.07, 6.45) is -2.30. The number of nitrogens with zero attached hydrogens (tertiary/aromatic N) is 1. The molecule has 0 unspecified atom stereocenters. The van der Waals surface area contributed by atoms with Gasteiger partial charge in [0.05, 0.1) is 31.3 Å². The minimum Gasteiger partial charge on any atom is -0.465 e. The number of piperidine rings is 1. The first-order valence-electron chi connectivity index (χ1n) is 9.52. The molecule has 1 fully saturated rings.